The van der Waals surface area contributed by atoms with Crippen LogP contribution in [0.5, 0.6) is 17.2 Å². The van der Waals surface area contributed by atoms with Crippen LogP contribution >= 0.6 is 35.6 Å². The quantitative estimate of drug-likeness (QED) is 0.286. The Kier molecular flexibility index (Phi) is 8.81. The maximum atomic E-state index is 11.9. The summed E-state index contributed by atoms with van der Waals surface area (Å²) >= 11 is 12.6. The largest absolute Gasteiger partial charge is 0.493 e. The topological polar surface area (TPSA) is 66.0 Å². The molecule has 0 aliphatic carbocycles. The number of hydrogen-bond donors (Lipinski definition) is 1. The zero-order chi connectivity index (χ0) is 23.1. The van der Waals surface area contributed by atoms with Gasteiger partial charge in [-0.1, -0.05) is 41.6 Å². The van der Waals surface area contributed by atoms with Crippen LogP contribution in [0.2, 0.25) is 5.02 Å². The predicted octanol–water partition coefficient (Wildman–Crippen LogP) is 4.93. The third kappa shape index (κ3) is 6.62. The summed E-state index contributed by atoms with van der Waals surface area (Å²) in [4.78, 5) is 12.4. The van der Waals surface area contributed by atoms with Crippen LogP contribution < -0.4 is 19.5 Å². The molecule has 0 aromatic heterocycles. The average molecular weight is 494 g/mol. The Balaban J connectivity index is 1.47. The number of thioether (sulfide) groups is 1. The molecule has 1 saturated heterocycles. The normalized spacial score (nSPS) is 14.6. The summed E-state index contributed by atoms with van der Waals surface area (Å²) in [6.07, 6.45) is 1.70. The van der Waals surface area contributed by atoms with E-state index in [1.807, 2.05) is 18.2 Å². The maximum absolute atomic E-state index is 11.9. The zero-order valence-corrected chi connectivity index (χ0v) is 20.4. The van der Waals surface area contributed by atoms with Gasteiger partial charge in [0.25, 0.3) is 5.91 Å². The molecular formula is C23H24ClNO5S2. The lowest BCUT2D eigenvalue weighted by Crippen LogP contribution is -2.17. The summed E-state index contributed by atoms with van der Waals surface area (Å²) in [5.41, 5.74) is 3.14. The Hall–Kier alpha value is -2.26. The lowest BCUT2D eigenvalue weighted by atomic mass is 10.1. The van der Waals surface area contributed by atoms with Gasteiger partial charge in [0.2, 0.25) is 0 Å². The Labute approximate surface area is 202 Å². The zero-order valence-electron chi connectivity index (χ0n) is 18.0. The van der Waals surface area contributed by atoms with Crippen LogP contribution in [0.4, 0.5) is 0 Å². The highest BCUT2D eigenvalue weighted by Crippen LogP contribution is 2.38. The molecule has 2 aromatic carbocycles. The summed E-state index contributed by atoms with van der Waals surface area (Å²) in [6, 6.07) is 9.46. The summed E-state index contributed by atoms with van der Waals surface area (Å²) in [5.74, 6) is 1.49. The van der Waals surface area contributed by atoms with Crippen molar-refractivity contribution < 1.29 is 23.7 Å². The molecule has 6 nitrogen and oxygen atoms in total. The second kappa shape index (κ2) is 11.6. The van der Waals surface area contributed by atoms with Crippen LogP contribution in [-0.4, -0.2) is 43.8 Å². The van der Waals surface area contributed by atoms with Crippen LogP contribution in [0.1, 0.15) is 16.7 Å². The SMILES string of the molecule is COc1cc(C=C2SC(=S)NC2=O)cc(Cl)c1OCCOCCOc1ccc(C)c(C)c1. The van der Waals surface area contributed by atoms with E-state index in [1.165, 1.54) is 30.0 Å². The molecule has 0 atom stereocenters. The summed E-state index contributed by atoms with van der Waals surface area (Å²) in [5, 5.41) is 2.96. The predicted molar refractivity (Wildman–Crippen MR) is 132 cm³/mol. The van der Waals surface area contributed by atoms with Crippen molar-refractivity contribution in [3.05, 3.63) is 56.9 Å². The number of ether oxygens (including phenoxy) is 4. The molecule has 32 heavy (non-hydrogen) atoms. The fourth-order valence-electron chi connectivity index (χ4n) is 2.86. The number of amides is 1. The molecule has 9 heteroatoms. The van der Waals surface area contributed by atoms with Gasteiger partial charge in [0.1, 0.15) is 23.3 Å². The van der Waals surface area contributed by atoms with E-state index in [1.54, 1.807) is 18.2 Å². The second-order valence-corrected chi connectivity index (χ2v) is 9.07. The van der Waals surface area contributed by atoms with Gasteiger partial charge in [-0.3, -0.25) is 4.79 Å². The first-order chi connectivity index (χ1) is 15.4. The van der Waals surface area contributed by atoms with Crippen LogP contribution in [0, 0.1) is 13.8 Å². The van der Waals surface area contributed by atoms with E-state index in [4.69, 9.17) is 42.8 Å². The average Bonchev–Trinajstić information content (AvgIpc) is 3.07. The van der Waals surface area contributed by atoms with Gasteiger partial charge in [-0.05, 0) is 60.9 Å². The molecule has 170 valence electrons. The molecule has 1 heterocycles. The van der Waals surface area contributed by atoms with Crippen molar-refractivity contribution >= 4 is 51.9 Å². The molecule has 0 radical (unpaired) electrons. The number of halogens is 1. The van der Waals surface area contributed by atoms with Crippen molar-refractivity contribution in [1.29, 1.82) is 0 Å². The Morgan fingerprint density at radius 2 is 1.81 bits per heavy atom. The van der Waals surface area contributed by atoms with Gasteiger partial charge < -0.3 is 24.3 Å². The van der Waals surface area contributed by atoms with Crippen molar-refractivity contribution in [2.24, 2.45) is 0 Å². The van der Waals surface area contributed by atoms with Gasteiger partial charge in [-0.15, -0.1) is 0 Å². The summed E-state index contributed by atoms with van der Waals surface area (Å²) in [7, 11) is 1.53. The first-order valence-corrected chi connectivity index (χ1v) is 11.5. The Morgan fingerprint density at radius 1 is 1.06 bits per heavy atom. The molecular weight excluding hydrogens is 470 g/mol. The third-order valence-electron chi connectivity index (χ3n) is 4.64. The number of benzene rings is 2. The standard InChI is InChI=1S/C23H24ClNO5S2/c1-14-4-5-17(10-15(14)2)29-8-6-28-7-9-30-21-18(24)11-16(12-19(21)27-3)13-20-22(26)25-23(31)32-20/h4-5,10-13H,6-9H2,1-3H3,(H,25,26,31). The highest BCUT2D eigenvalue weighted by Gasteiger charge is 2.22. The molecule has 2 aromatic rings. The van der Waals surface area contributed by atoms with Crippen molar-refractivity contribution in [3.8, 4) is 17.2 Å². The molecule has 1 N–H and O–H groups in total. The minimum absolute atomic E-state index is 0.228. The highest BCUT2D eigenvalue weighted by molar-refractivity contribution is 8.26. The van der Waals surface area contributed by atoms with Gasteiger partial charge >= 0.3 is 0 Å². The van der Waals surface area contributed by atoms with E-state index in [9.17, 15) is 4.79 Å². The number of rotatable bonds is 10. The first kappa shape index (κ1) is 24.4. The lowest BCUT2D eigenvalue weighted by Gasteiger charge is -2.14. The Bertz CT molecular complexity index is 1040. The van der Waals surface area contributed by atoms with Crippen molar-refractivity contribution in [1.82, 2.24) is 5.32 Å². The molecule has 0 bridgehead atoms. The number of carbonyl (C=O) groups excluding carboxylic acids is 1. The highest BCUT2D eigenvalue weighted by atomic mass is 35.5. The number of aryl methyl sites for hydroxylation is 2. The minimum atomic E-state index is -0.228. The van der Waals surface area contributed by atoms with E-state index in [0.717, 1.165) is 5.75 Å². The van der Waals surface area contributed by atoms with E-state index in [2.05, 4.69) is 19.2 Å². The molecule has 1 amide bonds. The van der Waals surface area contributed by atoms with Crippen LogP contribution in [-0.2, 0) is 9.53 Å². The van der Waals surface area contributed by atoms with Crippen LogP contribution in [0.25, 0.3) is 6.08 Å². The van der Waals surface area contributed by atoms with Gasteiger partial charge in [0, 0.05) is 0 Å². The number of carbonyl (C=O) groups is 1. The minimum Gasteiger partial charge on any atom is -0.493 e. The monoisotopic (exact) mass is 493 g/mol. The van der Waals surface area contributed by atoms with Crippen molar-refractivity contribution in [2.75, 3.05) is 33.5 Å². The van der Waals surface area contributed by atoms with Crippen molar-refractivity contribution in [3.63, 3.8) is 0 Å². The second-order valence-electron chi connectivity index (χ2n) is 6.94. The van der Waals surface area contributed by atoms with Crippen molar-refractivity contribution in [2.45, 2.75) is 13.8 Å². The third-order valence-corrected chi connectivity index (χ3v) is 6.08. The van der Waals surface area contributed by atoms with E-state index in [-0.39, 0.29) is 5.91 Å². The number of methoxy groups -OCH3 is 1. The number of thiocarbonyl (C=S) groups is 1. The first-order valence-electron chi connectivity index (χ1n) is 9.90. The summed E-state index contributed by atoms with van der Waals surface area (Å²) in [6.45, 7) is 5.68. The van der Waals surface area contributed by atoms with E-state index < -0.39 is 0 Å². The smallest absolute Gasteiger partial charge is 0.263 e. The molecule has 1 aliphatic rings. The molecule has 0 spiro atoms. The molecule has 3 rings (SSSR count). The summed E-state index contributed by atoms with van der Waals surface area (Å²) < 4.78 is 22.9. The maximum Gasteiger partial charge on any atom is 0.263 e. The van der Waals surface area contributed by atoms with Gasteiger partial charge in [0.05, 0.1) is 30.3 Å². The number of nitrogens with one attached hydrogen (secondary N) is 1. The van der Waals surface area contributed by atoms with Crippen LogP contribution in [0.15, 0.2) is 35.2 Å². The fraction of sp³-hybridized carbons (Fsp3) is 0.304. The molecule has 0 unspecified atom stereocenters. The number of hydrogen-bond acceptors (Lipinski definition) is 7. The molecule has 1 aliphatic heterocycles. The molecule has 1 fully saturated rings. The van der Waals surface area contributed by atoms with E-state index in [0.29, 0.717) is 57.7 Å². The Morgan fingerprint density at radius 3 is 2.47 bits per heavy atom. The van der Waals surface area contributed by atoms with Crippen LogP contribution in [0.3, 0.4) is 0 Å². The van der Waals surface area contributed by atoms with Gasteiger partial charge in [-0.25, -0.2) is 0 Å². The lowest BCUT2D eigenvalue weighted by molar-refractivity contribution is -0.115. The van der Waals surface area contributed by atoms with E-state index >= 15 is 0 Å². The van der Waals surface area contributed by atoms with Gasteiger partial charge in [0.15, 0.2) is 11.5 Å². The van der Waals surface area contributed by atoms with Gasteiger partial charge in [-0.2, -0.15) is 0 Å². The fourth-order valence-corrected chi connectivity index (χ4v) is 4.18. The molecule has 0 saturated carbocycles.